The van der Waals surface area contributed by atoms with Gasteiger partial charge in [-0.25, -0.2) is 14.8 Å². The number of piperidine rings is 1. The predicted octanol–water partition coefficient (Wildman–Crippen LogP) is 4.26. The van der Waals surface area contributed by atoms with Gasteiger partial charge in [-0.3, -0.25) is 4.79 Å². The number of hydrogen-bond acceptors (Lipinski definition) is 7. The molecule has 1 saturated heterocycles. The molecule has 1 aliphatic rings. The van der Waals surface area contributed by atoms with E-state index in [0.29, 0.717) is 32.0 Å². The van der Waals surface area contributed by atoms with E-state index in [2.05, 4.69) is 34.9 Å². The van der Waals surface area contributed by atoms with E-state index in [1.165, 1.54) is 16.1 Å². The Bertz CT molecular complexity index is 1260. The third-order valence-electron chi connectivity index (χ3n) is 6.42. The Morgan fingerprint density at radius 1 is 1.32 bits per heavy atom. The summed E-state index contributed by atoms with van der Waals surface area (Å²) in [6.45, 7) is 8.93. The van der Waals surface area contributed by atoms with Crippen molar-refractivity contribution in [3.63, 3.8) is 0 Å². The highest BCUT2D eigenvalue weighted by atomic mass is 28.3. The van der Waals surface area contributed by atoms with Gasteiger partial charge in [-0.15, -0.1) is 0 Å². The van der Waals surface area contributed by atoms with Crippen molar-refractivity contribution in [1.82, 2.24) is 24.3 Å². The number of carbonyl (C=O) groups excluding carboxylic acids is 1. The average molecular weight is 529 g/mol. The maximum atomic E-state index is 12.4. The summed E-state index contributed by atoms with van der Waals surface area (Å²) in [6, 6.07) is 2.95. The van der Waals surface area contributed by atoms with Crippen LogP contribution in [0.25, 0.3) is 22.5 Å². The van der Waals surface area contributed by atoms with Gasteiger partial charge in [0.1, 0.15) is 18.6 Å². The predicted molar refractivity (Wildman–Crippen MR) is 144 cm³/mol. The van der Waals surface area contributed by atoms with E-state index >= 15 is 0 Å². The zero-order valence-electron chi connectivity index (χ0n) is 22.2. The lowest BCUT2D eigenvalue weighted by Crippen LogP contribution is -2.44. The number of aromatic nitrogens is 3. The molecule has 4 heterocycles. The monoisotopic (exact) mass is 528 g/mol. The summed E-state index contributed by atoms with van der Waals surface area (Å²) in [4.78, 5) is 35.9. The van der Waals surface area contributed by atoms with Crippen LogP contribution in [0.1, 0.15) is 23.3 Å². The van der Waals surface area contributed by atoms with Crippen molar-refractivity contribution in [2.24, 2.45) is 0 Å². The second kappa shape index (κ2) is 10.9. The first-order chi connectivity index (χ1) is 17.5. The molecule has 1 aliphatic heterocycles. The van der Waals surface area contributed by atoms with Crippen molar-refractivity contribution < 1.29 is 23.8 Å². The molecule has 0 aliphatic carbocycles. The molecule has 0 bridgehead atoms. The highest BCUT2D eigenvalue weighted by Gasteiger charge is 2.26. The van der Waals surface area contributed by atoms with E-state index in [-0.39, 0.29) is 23.5 Å². The summed E-state index contributed by atoms with van der Waals surface area (Å²) >= 11 is 0. The van der Waals surface area contributed by atoms with Gasteiger partial charge >= 0.3 is 6.09 Å². The number of likely N-dealkylation sites (tertiary alicyclic amines) is 1. The van der Waals surface area contributed by atoms with Crippen molar-refractivity contribution in [2.45, 2.75) is 51.3 Å². The first-order valence-corrected chi connectivity index (χ1v) is 16.2. The number of fused-ring (bicyclic) bond motifs is 1. The van der Waals surface area contributed by atoms with Crippen LogP contribution in [0.3, 0.4) is 0 Å². The summed E-state index contributed by atoms with van der Waals surface area (Å²) in [5.41, 5.74) is 2.29. The zero-order valence-corrected chi connectivity index (χ0v) is 23.2. The molecule has 0 radical (unpaired) electrons. The van der Waals surface area contributed by atoms with E-state index in [1.54, 1.807) is 20.3 Å². The summed E-state index contributed by atoms with van der Waals surface area (Å²) in [5, 5.41) is 13.9. The summed E-state index contributed by atoms with van der Waals surface area (Å²) < 4.78 is 13.6. The molecule has 1 atom stereocenters. The van der Waals surface area contributed by atoms with Crippen LogP contribution in [-0.4, -0.2) is 89.3 Å². The fraction of sp³-hybridized carbons (Fsp3) is 0.520. The molecule has 37 heavy (non-hydrogen) atoms. The standard InChI is InChI=1S/C25H36N6O5Si/c1-29(2)24(32)20-15-36-23(28-20)19-13-26-22-18(8-10-31(22)16-35-11-12-37(3,4)5)21(19)27-17-7-6-9-30(14-17)25(33)34/h8,10,13,15,17H,6-7,9,11-12,14,16H2,1-5H3,(H,26,27)(H,33,34). The van der Waals surface area contributed by atoms with Crippen LogP contribution >= 0.6 is 0 Å². The molecular formula is C25H36N6O5Si. The lowest BCUT2D eigenvalue weighted by Gasteiger charge is -2.32. The molecule has 0 spiro atoms. The molecule has 2 amide bonds. The van der Waals surface area contributed by atoms with Gasteiger partial charge in [0.05, 0.1) is 11.3 Å². The van der Waals surface area contributed by atoms with Gasteiger partial charge in [0.2, 0.25) is 5.89 Å². The van der Waals surface area contributed by atoms with Gasteiger partial charge in [0.15, 0.2) is 5.69 Å². The van der Waals surface area contributed by atoms with Crippen molar-refractivity contribution >= 4 is 36.8 Å². The van der Waals surface area contributed by atoms with Crippen molar-refractivity contribution in [2.75, 3.05) is 39.1 Å². The van der Waals surface area contributed by atoms with Crippen LogP contribution in [0.5, 0.6) is 0 Å². The Morgan fingerprint density at radius 3 is 2.81 bits per heavy atom. The average Bonchev–Trinajstić information content (AvgIpc) is 3.49. The molecule has 11 nitrogen and oxygen atoms in total. The molecule has 0 saturated carbocycles. The maximum Gasteiger partial charge on any atom is 0.407 e. The largest absolute Gasteiger partial charge is 0.465 e. The zero-order chi connectivity index (χ0) is 26.7. The van der Waals surface area contributed by atoms with Crippen molar-refractivity contribution in [1.29, 1.82) is 0 Å². The van der Waals surface area contributed by atoms with Gasteiger partial charge in [-0.1, -0.05) is 19.6 Å². The number of amides is 2. The fourth-order valence-electron chi connectivity index (χ4n) is 4.30. The number of hydrogen-bond donors (Lipinski definition) is 2. The summed E-state index contributed by atoms with van der Waals surface area (Å²) in [5.74, 6) is 0.0108. The van der Waals surface area contributed by atoms with Crippen LogP contribution in [0.4, 0.5) is 10.5 Å². The minimum Gasteiger partial charge on any atom is -0.465 e. The molecule has 12 heteroatoms. The highest BCUT2D eigenvalue weighted by molar-refractivity contribution is 6.76. The number of carboxylic acid groups (broad SMARTS) is 1. The van der Waals surface area contributed by atoms with E-state index < -0.39 is 14.2 Å². The first kappa shape index (κ1) is 26.7. The topological polar surface area (TPSA) is 126 Å². The Balaban J connectivity index is 1.67. The van der Waals surface area contributed by atoms with Gasteiger partial charge in [-0.05, 0) is 25.0 Å². The fourth-order valence-corrected chi connectivity index (χ4v) is 5.06. The number of oxazole rings is 1. The van der Waals surface area contributed by atoms with E-state index in [9.17, 15) is 14.7 Å². The normalized spacial score (nSPS) is 16.2. The Hall–Kier alpha value is -3.38. The second-order valence-corrected chi connectivity index (χ2v) is 16.5. The van der Waals surface area contributed by atoms with Crippen LogP contribution in [0, 0.1) is 0 Å². The van der Waals surface area contributed by atoms with Crippen LogP contribution in [-0.2, 0) is 11.5 Å². The number of anilines is 1. The SMILES string of the molecule is CN(C)C(=O)c1coc(-c2cnc3c(ccn3COCC[Si](C)(C)C)c2NC2CCCN(C(=O)O)C2)n1. The van der Waals surface area contributed by atoms with Crippen molar-refractivity contribution in [3.05, 3.63) is 30.4 Å². The van der Waals surface area contributed by atoms with Gasteiger partial charge in [-0.2, -0.15) is 0 Å². The molecular weight excluding hydrogens is 492 g/mol. The van der Waals surface area contributed by atoms with E-state index in [0.717, 1.165) is 35.6 Å². The first-order valence-electron chi connectivity index (χ1n) is 12.5. The number of nitrogens with one attached hydrogen (secondary N) is 1. The molecule has 1 unspecified atom stereocenters. The van der Waals surface area contributed by atoms with E-state index in [4.69, 9.17) is 9.15 Å². The Labute approximate surface area is 217 Å². The lowest BCUT2D eigenvalue weighted by atomic mass is 10.0. The lowest BCUT2D eigenvalue weighted by molar-refractivity contribution is 0.0821. The van der Waals surface area contributed by atoms with Gasteiger partial charge < -0.3 is 33.9 Å². The highest BCUT2D eigenvalue weighted by Crippen LogP contribution is 2.35. The molecule has 200 valence electrons. The maximum absolute atomic E-state index is 12.4. The summed E-state index contributed by atoms with van der Waals surface area (Å²) in [6.07, 6.45) is 5.62. The molecule has 0 aromatic carbocycles. The smallest absolute Gasteiger partial charge is 0.407 e. The summed E-state index contributed by atoms with van der Waals surface area (Å²) in [7, 11) is 2.12. The van der Waals surface area contributed by atoms with Crippen LogP contribution < -0.4 is 5.32 Å². The molecule has 3 aromatic heterocycles. The van der Waals surface area contributed by atoms with Gasteiger partial charge in [0.25, 0.3) is 5.91 Å². The number of pyridine rings is 1. The number of rotatable bonds is 9. The molecule has 3 aromatic rings. The van der Waals surface area contributed by atoms with Crippen molar-refractivity contribution in [3.8, 4) is 11.5 Å². The minimum atomic E-state index is -1.19. The second-order valence-electron chi connectivity index (χ2n) is 10.9. The van der Waals surface area contributed by atoms with Crippen LogP contribution in [0.2, 0.25) is 25.7 Å². The molecule has 4 rings (SSSR count). The van der Waals surface area contributed by atoms with E-state index in [1.807, 2.05) is 16.8 Å². The third-order valence-corrected chi connectivity index (χ3v) is 8.12. The third kappa shape index (κ3) is 6.31. The molecule has 1 fully saturated rings. The minimum absolute atomic E-state index is 0.0941. The quantitative estimate of drug-likeness (QED) is 0.312. The number of nitrogens with zero attached hydrogens (tertiary/aromatic N) is 5. The number of carbonyl (C=O) groups is 2. The number of ether oxygens (including phenoxy) is 1. The Morgan fingerprint density at radius 2 is 2.11 bits per heavy atom. The van der Waals surface area contributed by atoms with Crippen LogP contribution in [0.15, 0.2) is 29.1 Å². The molecule has 2 N–H and O–H groups in total. The Kier molecular flexibility index (Phi) is 7.88. The van der Waals surface area contributed by atoms with Gasteiger partial charge in [0, 0.05) is 65.7 Å².